The number of likely N-dealkylation sites (tertiary alicyclic amines) is 1. The standard InChI is InChI=1S/C23H31N3O4/c1-3-29-20-8-6-18(7-9-20)22-24-21(17(2)30-22)16-25-10-4-5-19(15-25)23(27)26-11-13-28-14-12-26/h6-9,19H,3-5,10-16H2,1-2H3/t19-/m0/s1. The molecule has 1 atom stereocenters. The Hall–Kier alpha value is -2.38. The summed E-state index contributed by atoms with van der Waals surface area (Å²) in [4.78, 5) is 21.9. The van der Waals surface area contributed by atoms with Gasteiger partial charge >= 0.3 is 0 Å². The molecule has 2 aromatic rings. The molecule has 0 radical (unpaired) electrons. The molecule has 3 heterocycles. The molecular weight excluding hydrogens is 382 g/mol. The molecule has 2 aliphatic heterocycles. The van der Waals surface area contributed by atoms with Crippen molar-refractivity contribution in [2.24, 2.45) is 5.92 Å². The third-order valence-electron chi connectivity index (χ3n) is 5.86. The molecule has 2 saturated heterocycles. The minimum atomic E-state index is 0.0645. The zero-order valence-electron chi connectivity index (χ0n) is 17.9. The van der Waals surface area contributed by atoms with Crippen molar-refractivity contribution in [1.82, 2.24) is 14.8 Å². The van der Waals surface area contributed by atoms with Crippen LogP contribution in [0.2, 0.25) is 0 Å². The van der Waals surface area contributed by atoms with Crippen LogP contribution in [0.1, 0.15) is 31.2 Å². The first kappa shape index (κ1) is 20.9. The number of aromatic nitrogens is 1. The summed E-state index contributed by atoms with van der Waals surface area (Å²) in [5, 5.41) is 0. The molecule has 0 aliphatic carbocycles. The van der Waals surface area contributed by atoms with Crippen LogP contribution in [0.5, 0.6) is 5.75 Å². The third-order valence-corrected chi connectivity index (χ3v) is 5.86. The van der Waals surface area contributed by atoms with Gasteiger partial charge in [0.2, 0.25) is 11.8 Å². The summed E-state index contributed by atoms with van der Waals surface area (Å²) in [7, 11) is 0. The summed E-state index contributed by atoms with van der Waals surface area (Å²) in [5.74, 6) is 2.64. The molecule has 0 unspecified atom stereocenters. The predicted octanol–water partition coefficient (Wildman–Crippen LogP) is 3.12. The number of amides is 1. The highest BCUT2D eigenvalue weighted by Crippen LogP contribution is 2.26. The van der Waals surface area contributed by atoms with Crippen LogP contribution in [-0.4, -0.2) is 66.7 Å². The highest BCUT2D eigenvalue weighted by molar-refractivity contribution is 5.79. The Labute approximate surface area is 178 Å². The zero-order valence-corrected chi connectivity index (χ0v) is 17.9. The van der Waals surface area contributed by atoms with Gasteiger partial charge in [0, 0.05) is 31.7 Å². The second kappa shape index (κ2) is 9.62. The van der Waals surface area contributed by atoms with Crippen LogP contribution < -0.4 is 4.74 Å². The number of carbonyl (C=O) groups excluding carboxylic acids is 1. The van der Waals surface area contributed by atoms with Crippen molar-refractivity contribution in [1.29, 1.82) is 0 Å². The fourth-order valence-electron chi connectivity index (χ4n) is 4.21. The number of benzene rings is 1. The van der Waals surface area contributed by atoms with E-state index in [4.69, 9.17) is 18.9 Å². The molecular formula is C23H31N3O4. The molecule has 0 saturated carbocycles. The Bertz CT molecular complexity index is 843. The van der Waals surface area contributed by atoms with Crippen LogP contribution in [0.4, 0.5) is 0 Å². The molecule has 2 fully saturated rings. The van der Waals surface area contributed by atoms with Crippen molar-refractivity contribution in [2.45, 2.75) is 33.2 Å². The second-order valence-electron chi connectivity index (χ2n) is 7.99. The number of hydrogen-bond acceptors (Lipinski definition) is 6. The summed E-state index contributed by atoms with van der Waals surface area (Å²) in [6.45, 7) is 9.76. The van der Waals surface area contributed by atoms with Gasteiger partial charge in [-0.05, 0) is 57.5 Å². The Kier molecular flexibility index (Phi) is 6.69. The van der Waals surface area contributed by atoms with Crippen LogP contribution in [0, 0.1) is 12.8 Å². The third kappa shape index (κ3) is 4.84. The van der Waals surface area contributed by atoms with E-state index >= 15 is 0 Å². The number of morpholine rings is 1. The number of carbonyl (C=O) groups is 1. The maximum atomic E-state index is 12.9. The van der Waals surface area contributed by atoms with E-state index in [1.54, 1.807) is 0 Å². The summed E-state index contributed by atoms with van der Waals surface area (Å²) >= 11 is 0. The smallest absolute Gasteiger partial charge is 0.227 e. The van der Waals surface area contributed by atoms with E-state index in [2.05, 4.69) is 4.90 Å². The fraction of sp³-hybridized carbons (Fsp3) is 0.565. The molecule has 30 heavy (non-hydrogen) atoms. The van der Waals surface area contributed by atoms with Crippen LogP contribution in [-0.2, 0) is 16.1 Å². The van der Waals surface area contributed by atoms with Crippen molar-refractivity contribution in [3.63, 3.8) is 0 Å². The van der Waals surface area contributed by atoms with E-state index in [0.29, 0.717) is 45.3 Å². The van der Waals surface area contributed by atoms with Gasteiger partial charge in [0.1, 0.15) is 11.5 Å². The fourth-order valence-corrected chi connectivity index (χ4v) is 4.21. The maximum absolute atomic E-state index is 12.9. The minimum Gasteiger partial charge on any atom is -0.494 e. The maximum Gasteiger partial charge on any atom is 0.227 e. The van der Waals surface area contributed by atoms with Crippen molar-refractivity contribution in [3.05, 3.63) is 35.7 Å². The van der Waals surface area contributed by atoms with Gasteiger partial charge in [-0.25, -0.2) is 4.98 Å². The Morgan fingerprint density at radius 1 is 1.20 bits per heavy atom. The Balaban J connectivity index is 1.39. The van der Waals surface area contributed by atoms with E-state index in [9.17, 15) is 4.79 Å². The first-order valence-electron chi connectivity index (χ1n) is 10.9. The van der Waals surface area contributed by atoms with Crippen molar-refractivity contribution in [2.75, 3.05) is 46.0 Å². The minimum absolute atomic E-state index is 0.0645. The van der Waals surface area contributed by atoms with Crippen LogP contribution in [0.25, 0.3) is 11.5 Å². The van der Waals surface area contributed by atoms with Gasteiger partial charge in [0.15, 0.2) is 0 Å². The predicted molar refractivity (Wildman–Crippen MR) is 113 cm³/mol. The van der Waals surface area contributed by atoms with E-state index in [1.807, 2.05) is 43.0 Å². The molecule has 0 N–H and O–H groups in total. The van der Waals surface area contributed by atoms with Crippen LogP contribution >= 0.6 is 0 Å². The second-order valence-corrected chi connectivity index (χ2v) is 7.99. The van der Waals surface area contributed by atoms with Gasteiger partial charge in [-0.15, -0.1) is 0 Å². The molecule has 4 rings (SSSR count). The van der Waals surface area contributed by atoms with E-state index in [0.717, 1.165) is 48.7 Å². The monoisotopic (exact) mass is 413 g/mol. The van der Waals surface area contributed by atoms with Gasteiger partial charge in [0.05, 0.1) is 31.4 Å². The number of aryl methyl sites for hydroxylation is 1. The zero-order chi connectivity index (χ0) is 20.9. The number of ether oxygens (including phenoxy) is 2. The van der Waals surface area contributed by atoms with E-state index in [1.165, 1.54) is 0 Å². The summed E-state index contributed by atoms with van der Waals surface area (Å²) < 4.78 is 16.8. The van der Waals surface area contributed by atoms with Crippen LogP contribution in [0.15, 0.2) is 28.7 Å². The largest absolute Gasteiger partial charge is 0.494 e. The van der Waals surface area contributed by atoms with Crippen LogP contribution in [0.3, 0.4) is 0 Å². The highest BCUT2D eigenvalue weighted by Gasteiger charge is 2.30. The van der Waals surface area contributed by atoms with Crippen molar-refractivity contribution < 1.29 is 18.7 Å². The average molecular weight is 414 g/mol. The number of nitrogens with zero attached hydrogens (tertiary/aromatic N) is 3. The highest BCUT2D eigenvalue weighted by atomic mass is 16.5. The summed E-state index contributed by atoms with van der Waals surface area (Å²) in [6.07, 6.45) is 1.99. The first-order chi connectivity index (χ1) is 14.6. The Morgan fingerprint density at radius 3 is 2.70 bits per heavy atom. The lowest BCUT2D eigenvalue weighted by molar-refractivity contribution is -0.141. The van der Waals surface area contributed by atoms with Gasteiger partial charge in [-0.2, -0.15) is 0 Å². The van der Waals surface area contributed by atoms with Gasteiger partial charge in [-0.3, -0.25) is 9.69 Å². The number of rotatable bonds is 6. The number of piperidine rings is 1. The van der Waals surface area contributed by atoms with Gasteiger partial charge in [-0.1, -0.05) is 0 Å². The Morgan fingerprint density at radius 2 is 1.97 bits per heavy atom. The number of hydrogen-bond donors (Lipinski definition) is 0. The number of oxazole rings is 1. The molecule has 1 aromatic heterocycles. The lowest BCUT2D eigenvalue weighted by atomic mass is 9.96. The SMILES string of the molecule is CCOc1ccc(-c2nc(CN3CCC[C@H](C(=O)N4CCOCC4)C3)c(C)o2)cc1. The quantitative estimate of drug-likeness (QED) is 0.725. The van der Waals surface area contributed by atoms with Crippen molar-refractivity contribution in [3.8, 4) is 17.2 Å². The normalized spacial score (nSPS) is 20.3. The van der Waals surface area contributed by atoms with Crippen molar-refractivity contribution >= 4 is 5.91 Å². The van der Waals surface area contributed by atoms with E-state index in [-0.39, 0.29) is 11.8 Å². The molecule has 1 aromatic carbocycles. The molecule has 0 bridgehead atoms. The molecule has 162 valence electrons. The molecule has 0 spiro atoms. The van der Waals surface area contributed by atoms with Gasteiger partial charge in [0.25, 0.3) is 0 Å². The van der Waals surface area contributed by atoms with E-state index < -0.39 is 0 Å². The lowest BCUT2D eigenvalue weighted by Gasteiger charge is -2.36. The molecule has 1 amide bonds. The van der Waals surface area contributed by atoms with Gasteiger partial charge < -0.3 is 18.8 Å². The average Bonchev–Trinajstić information content (AvgIpc) is 3.15. The lowest BCUT2D eigenvalue weighted by Crippen LogP contribution is -2.48. The first-order valence-corrected chi connectivity index (χ1v) is 10.9. The molecule has 2 aliphatic rings. The summed E-state index contributed by atoms with van der Waals surface area (Å²) in [6, 6.07) is 7.81. The molecule has 7 nitrogen and oxygen atoms in total. The topological polar surface area (TPSA) is 68.0 Å². The molecule has 7 heteroatoms. The summed E-state index contributed by atoms with van der Waals surface area (Å²) in [5.41, 5.74) is 1.88.